The number of benzene rings is 2. The molecule has 0 heterocycles. The highest BCUT2D eigenvalue weighted by Gasteiger charge is 2.07. The third kappa shape index (κ3) is 4.95. The Labute approximate surface area is 143 Å². The Morgan fingerprint density at radius 2 is 1.54 bits per heavy atom. The van der Waals surface area contributed by atoms with Gasteiger partial charge in [0.1, 0.15) is 0 Å². The molecule has 0 aliphatic rings. The van der Waals surface area contributed by atoms with E-state index in [0.29, 0.717) is 13.0 Å². The van der Waals surface area contributed by atoms with Crippen LogP contribution in [0.1, 0.15) is 34.7 Å². The van der Waals surface area contributed by atoms with Gasteiger partial charge in [0.05, 0.1) is 6.42 Å². The van der Waals surface area contributed by atoms with E-state index in [9.17, 15) is 9.59 Å². The lowest BCUT2D eigenvalue weighted by Crippen LogP contribution is -2.25. The second-order valence-electron chi connectivity index (χ2n) is 6.21. The van der Waals surface area contributed by atoms with E-state index in [4.69, 9.17) is 0 Å². The molecule has 0 radical (unpaired) electrons. The molecule has 0 unspecified atom stereocenters. The minimum absolute atomic E-state index is 0.0124. The first-order chi connectivity index (χ1) is 11.3. The summed E-state index contributed by atoms with van der Waals surface area (Å²) < 4.78 is 0. The summed E-state index contributed by atoms with van der Waals surface area (Å²) in [6.07, 6.45) is 0.324. The Kier molecular flexibility index (Phi) is 5.74. The van der Waals surface area contributed by atoms with Crippen molar-refractivity contribution in [3.8, 4) is 0 Å². The minimum atomic E-state index is -0.107. The van der Waals surface area contributed by atoms with E-state index in [2.05, 4.69) is 43.5 Å². The van der Waals surface area contributed by atoms with Crippen molar-refractivity contribution in [1.29, 1.82) is 0 Å². The van der Waals surface area contributed by atoms with Crippen LogP contribution >= 0.6 is 0 Å². The SMILES string of the molecule is CC(=O)Nc1ccc(CC(=O)NCc2c(C)cc(C)cc2C)cc1. The van der Waals surface area contributed by atoms with E-state index in [1.807, 2.05) is 12.1 Å². The highest BCUT2D eigenvalue weighted by atomic mass is 16.2. The van der Waals surface area contributed by atoms with Crippen LogP contribution in [0, 0.1) is 20.8 Å². The molecule has 0 aliphatic carbocycles. The van der Waals surface area contributed by atoms with Crippen molar-refractivity contribution in [3.63, 3.8) is 0 Å². The number of carbonyl (C=O) groups is 2. The molecule has 0 saturated carbocycles. The van der Waals surface area contributed by atoms with Crippen molar-refractivity contribution in [3.05, 3.63) is 64.2 Å². The van der Waals surface area contributed by atoms with Gasteiger partial charge in [-0.15, -0.1) is 0 Å². The number of hydrogen-bond donors (Lipinski definition) is 2. The summed E-state index contributed by atoms with van der Waals surface area (Å²) in [6, 6.07) is 11.6. The molecule has 4 nitrogen and oxygen atoms in total. The van der Waals surface area contributed by atoms with E-state index >= 15 is 0 Å². The normalized spacial score (nSPS) is 10.3. The first-order valence-electron chi connectivity index (χ1n) is 8.05. The maximum atomic E-state index is 12.2. The van der Waals surface area contributed by atoms with Crippen LogP contribution in [0.4, 0.5) is 5.69 Å². The summed E-state index contributed by atoms with van der Waals surface area (Å²) >= 11 is 0. The van der Waals surface area contributed by atoms with Crippen molar-refractivity contribution in [2.45, 2.75) is 40.7 Å². The van der Waals surface area contributed by atoms with E-state index in [-0.39, 0.29) is 11.8 Å². The van der Waals surface area contributed by atoms with Gasteiger partial charge in [0.2, 0.25) is 11.8 Å². The van der Waals surface area contributed by atoms with Crippen LogP contribution in [0.5, 0.6) is 0 Å². The second kappa shape index (κ2) is 7.77. The third-order valence-electron chi connectivity index (χ3n) is 3.94. The van der Waals surface area contributed by atoms with E-state index in [1.165, 1.54) is 29.2 Å². The molecule has 2 aromatic carbocycles. The number of anilines is 1. The number of hydrogen-bond acceptors (Lipinski definition) is 2. The van der Waals surface area contributed by atoms with Gasteiger partial charge in [-0.3, -0.25) is 9.59 Å². The van der Waals surface area contributed by atoms with Crippen LogP contribution in [0.25, 0.3) is 0 Å². The van der Waals surface area contributed by atoms with Crippen LogP contribution in [0.3, 0.4) is 0 Å². The van der Waals surface area contributed by atoms with Gasteiger partial charge < -0.3 is 10.6 Å². The van der Waals surface area contributed by atoms with Gasteiger partial charge in [-0.05, 0) is 55.2 Å². The third-order valence-corrected chi connectivity index (χ3v) is 3.94. The summed E-state index contributed by atoms with van der Waals surface area (Å²) in [5.74, 6) is -0.119. The quantitative estimate of drug-likeness (QED) is 0.885. The molecule has 4 heteroatoms. The summed E-state index contributed by atoms with van der Waals surface area (Å²) in [5, 5.41) is 5.70. The highest BCUT2D eigenvalue weighted by molar-refractivity contribution is 5.88. The zero-order chi connectivity index (χ0) is 17.7. The number of nitrogens with one attached hydrogen (secondary N) is 2. The van der Waals surface area contributed by atoms with Crippen LogP contribution in [-0.2, 0) is 22.6 Å². The van der Waals surface area contributed by atoms with Crippen molar-refractivity contribution < 1.29 is 9.59 Å². The molecule has 0 atom stereocenters. The van der Waals surface area contributed by atoms with Crippen LogP contribution in [0.15, 0.2) is 36.4 Å². The van der Waals surface area contributed by atoms with Gasteiger partial charge >= 0.3 is 0 Å². The number of carbonyl (C=O) groups excluding carboxylic acids is 2. The van der Waals surface area contributed by atoms with Crippen molar-refractivity contribution in [2.24, 2.45) is 0 Å². The fourth-order valence-corrected chi connectivity index (χ4v) is 2.83. The molecule has 0 aromatic heterocycles. The summed E-state index contributed by atoms with van der Waals surface area (Å²) in [4.78, 5) is 23.2. The van der Waals surface area contributed by atoms with Gasteiger partial charge in [0.15, 0.2) is 0 Å². The molecule has 2 rings (SSSR count). The van der Waals surface area contributed by atoms with Gasteiger partial charge in [0, 0.05) is 19.2 Å². The standard InChI is InChI=1S/C20H24N2O2/c1-13-9-14(2)19(15(3)10-13)12-21-20(24)11-17-5-7-18(8-6-17)22-16(4)23/h5-10H,11-12H2,1-4H3,(H,21,24)(H,22,23). The molecular weight excluding hydrogens is 300 g/mol. The van der Waals surface area contributed by atoms with E-state index < -0.39 is 0 Å². The first-order valence-corrected chi connectivity index (χ1v) is 8.05. The lowest BCUT2D eigenvalue weighted by Gasteiger charge is -2.12. The number of amides is 2. The summed E-state index contributed by atoms with van der Waals surface area (Å²) in [7, 11) is 0. The Balaban J connectivity index is 1.93. The largest absolute Gasteiger partial charge is 0.352 e. The number of aryl methyl sites for hydroxylation is 3. The molecule has 2 amide bonds. The smallest absolute Gasteiger partial charge is 0.224 e. The Morgan fingerprint density at radius 1 is 0.958 bits per heavy atom. The van der Waals surface area contributed by atoms with Gasteiger partial charge in [-0.1, -0.05) is 29.8 Å². The molecule has 0 aliphatic heterocycles. The van der Waals surface area contributed by atoms with Crippen molar-refractivity contribution in [1.82, 2.24) is 5.32 Å². The fourth-order valence-electron chi connectivity index (χ4n) is 2.83. The highest BCUT2D eigenvalue weighted by Crippen LogP contribution is 2.16. The molecule has 24 heavy (non-hydrogen) atoms. The summed E-state index contributed by atoms with van der Waals surface area (Å²) in [6.45, 7) is 8.23. The first kappa shape index (κ1) is 17.7. The molecule has 2 N–H and O–H groups in total. The van der Waals surface area contributed by atoms with Crippen LogP contribution < -0.4 is 10.6 Å². The van der Waals surface area contributed by atoms with Crippen LogP contribution in [0.2, 0.25) is 0 Å². The lowest BCUT2D eigenvalue weighted by atomic mass is 10.00. The lowest BCUT2D eigenvalue weighted by molar-refractivity contribution is -0.120. The molecular formula is C20H24N2O2. The second-order valence-corrected chi connectivity index (χ2v) is 6.21. The molecule has 126 valence electrons. The van der Waals surface area contributed by atoms with Gasteiger partial charge in [0.25, 0.3) is 0 Å². The molecule has 0 bridgehead atoms. The Morgan fingerprint density at radius 3 is 2.08 bits per heavy atom. The predicted octanol–water partition coefficient (Wildman–Crippen LogP) is 3.43. The average Bonchev–Trinajstić information content (AvgIpc) is 2.47. The Hall–Kier alpha value is -2.62. The minimum Gasteiger partial charge on any atom is -0.352 e. The maximum absolute atomic E-state index is 12.2. The number of rotatable bonds is 5. The molecule has 0 spiro atoms. The van der Waals surface area contributed by atoms with E-state index in [1.54, 1.807) is 12.1 Å². The fraction of sp³-hybridized carbons (Fsp3) is 0.300. The van der Waals surface area contributed by atoms with E-state index in [0.717, 1.165) is 11.3 Å². The Bertz CT molecular complexity index is 726. The monoisotopic (exact) mass is 324 g/mol. The van der Waals surface area contributed by atoms with Crippen molar-refractivity contribution >= 4 is 17.5 Å². The molecule has 0 saturated heterocycles. The van der Waals surface area contributed by atoms with Gasteiger partial charge in [-0.2, -0.15) is 0 Å². The van der Waals surface area contributed by atoms with Gasteiger partial charge in [-0.25, -0.2) is 0 Å². The van der Waals surface area contributed by atoms with Crippen LogP contribution in [-0.4, -0.2) is 11.8 Å². The molecule has 0 fully saturated rings. The average molecular weight is 324 g/mol. The molecule has 2 aromatic rings. The summed E-state index contributed by atoms with van der Waals surface area (Å²) in [5.41, 5.74) is 6.46. The predicted molar refractivity (Wildman–Crippen MR) is 96.9 cm³/mol. The topological polar surface area (TPSA) is 58.2 Å². The maximum Gasteiger partial charge on any atom is 0.224 e. The zero-order valence-corrected chi connectivity index (χ0v) is 14.7. The zero-order valence-electron chi connectivity index (χ0n) is 14.7. The van der Waals surface area contributed by atoms with Crippen molar-refractivity contribution in [2.75, 3.05) is 5.32 Å².